The van der Waals surface area contributed by atoms with E-state index in [-0.39, 0.29) is 60.2 Å². The van der Waals surface area contributed by atoms with Crippen molar-refractivity contribution in [3.63, 3.8) is 0 Å². The van der Waals surface area contributed by atoms with E-state index in [1.54, 1.807) is 12.1 Å². The summed E-state index contributed by atoms with van der Waals surface area (Å²) in [6, 6.07) is 5.50. The van der Waals surface area contributed by atoms with Gasteiger partial charge in [-0.2, -0.15) is 4.98 Å². The number of aliphatic hydroxyl groups excluding tert-OH is 1. The van der Waals surface area contributed by atoms with E-state index in [1.807, 2.05) is 0 Å². The number of aromatic amines is 1. The van der Waals surface area contributed by atoms with Crippen LogP contribution in [0.3, 0.4) is 0 Å². The number of hydrogen-bond donors (Lipinski definition) is 3. The zero-order valence-electron chi connectivity index (χ0n) is 19.0. The minimum absolute atomic E-state index is 0.00583. The first-order chi connectivity index (χ1) is 17.9. The van der Waals surface area contributed by atoms with Crippen molar-refractivity contribution in [2.24, 2.45) is 0 Å². The molecule has 0 saturated carbocycles. The Morgan fingerprint density at radius 2 is 1.95 bits per heavy atom. The number of aliphatic hydroxyl groups is 1. The minimum atomic E-state index is -0.799. The molecular weight excluding hydrogens is 516 g/mol. The second-order valence-corrected chi connectivity index (χ2v) is 8.96. The zero-order chi connectivity index (χ0) is 25.5. The van der Waals surface area contributed by atoms with Crippen LogP contribution < -0.4 is 14.8 Å². The summed E-state index contributed by atoms with van der Waals surface area (Å²) in [6.07, 6.45) is -0.614. The number of halogens is 3. The van der Waals surface area contributed by atoms with Crippen LogP contribution in [0.25, 0.3) is 11.2 Å². The number of fused-ring (bicyclic) bond motifs is 2. The number of anilines is 1. The van der Waals surface area contributed by atoms with Gasteiger partial charge < -0.3 is 38.9 Å². The van der Waals surface area contributed by atoms with E-state index in [9.17, 15) is 13.9 Å². The van der Waals surface area contributed by atoms with E-state index >= 15 is 0 Å². The monoisotopic (exact) mass is 535 g/mol. The molecule has 0 radical (unpaired) electrons. The van der Waals surface area contributed by atoms with Gasteiger partial charge in [0.2, 0.25) is 0 Å². The molecule has 0 unspecified atom stereocenters. The average Bonchev–Trinajstić information content (AvgIpc) is 3.65. The number of H-pyrrole nitrogens is 1. The Morgan fingerprint density at radius 3 is 2.73 bits per heavy atom. The van der Waals surface area contributed by atoms with Crippen LogP contribution >= 0.6 is 11.6 Å². The van der Waals surface area contributed by atoms with Gasteiger partial charge in [-0.25, -0.2) is 13.8 Å². The summed E-state index contributed by atoms with van der Waals surface area (Å²) in [5.41, 5.74) is 1.05. The van der Waals surface area contributed by atoms with Gasteiger partial charge in [0.05, 0.1) is 23.8 Å². The van der Waals surface area contributed by atoms with Gasteiger partial charge in [-0.05, 0) is 6.07 Å². The molecule has 11 nitrogen and oxygen atoms in total. The lowest BCUT2D eigenvalue weighted by atomic mass is 10.1. The van der Waals surface area contributed by atoms with Gasteiger partial charge in [0.15, 0.2) is 11.8 Å². The number of imidazole rings is 1. The smallest absolute Gasteiger partial charge is 0.296 e. The predicted molar refractivity (Wildman–Crippen MR) is 123 cm³/mol. The largest absolute Gasteiger partial charge is 0.487 e. The van der Waals surface area contributed by atoms with Gasteiger partial charge in [-0.15, -0.1) is 0 Å². The fourth-order valence-corrected chi connectivity index (χ4v) is 4.46. The Bertz CT molecular complexity index is 1400. The van der Waals surface area contributed by atoms with Crippen molar-refractivity contribution < 1.29 is 37.4 Å². The molecule has 3 aromatic heterocycles. The zero-order valence-corrected chi connectivity index (χ0v) is 19.7. The molecule has 4 aromatic rings. The summed E-state index contributed by atoms with van der Waals surface area (Å²) < 4.78 is 56.3. The lowest BCUT2D eigenvalue weighted by Gasteiger charge is -2.15. The van der Waals surface area contributed by atoms with Crippen molar-refractivity contribution in [2.45, 2.75) is 37.6 Å². The molecule has 0 amide bonds. The highest BCUT2D eigenvalue weighted by molar-refractivity contribution is 6.33. The lowest BCUT2D eigenvalue weighted by molar-refractivity contribution is 0.00706. The maximum atomic E-state index is 14.6. The lowest BCUT2D eigenvalue weighted by Crippen LogP contribution is -2.34. The Kier molecular flexibility index (Phi) is 6.28. The van der Waals surface area contributed by atoms with E-state index in [4.69, 9.17) is 35.1 Å². The van der Waals surface area contributed by atoms with Crippen LogP contribution in [0.5, 0.6) is 11.8 Å². The van der Waals surface area contributed by atoms with Gasteiger partial charge in [0, 0.05) is 30.3 Å². The van der Waals surface area contributed by atoms with E-state index in [0.29, 0.717) is 11.2 Å². The van der Waals surface area contributed by atoms with Crippen LogP contribution in [-0.4, -0.2) is 62.8 Å². The molecule has 0 bridgehead atoms. The quantitative estimate of drug-likeness (QED) is 0.309. The van der Waals surface area contributed by atoms with Crippen LogP contribution in [0.1, 0.15) is 11.3 Å². The van der Waals surface area contributed by atoms with Crippen molar-refractivity contribution in [1.29, 1.82) is 0 Å². The maximum absolute atomic E-state index is 14.6. The van der Waals surface area contributed by atoms with Crippen molar-refractivity contribution in [1.82, 2.24) is 20.1 Å². The minimum Gasteiger partial charge on any atom is -0.487 e. The Morgan fingerprint density at radius 1 is 1.14 bits per heavy atom. The molecule has 1 aromatic carbocycles. The molecule has 0 spiro atoms. The highest BCUT2D eigenvalue weighted by Crippen LogP contribution is 2.31. The number of rotatable bonds is 8. The Labute approximate surface area is 212 Å². The molecule has 0 aliphatic carbocycles. The van der Waals surface area contributed by atoms with Gasteiger partial charge in [-0.3, -0.25) is 0 Å². The molecule has 14 heteroatoms. The van der Waals surface area contributed by atoms with Crippen molar-refractivity contribution >= 4 is 28.6 Å². The van der Waals surface area contributed by atoms with Gasteiger partial charge >= 0.3 is 0 Å². The summed E-state index contributed by atoms with van der Waals surface area (Å²) in [4.78, 5) is 11.6. The molecular formula is C23H20ClF2N5O6. The number of pyridine rings is 1. The third-order valence-electron chi connectivity index (χ3n) is 6.07. The number of nitrogens with one attached hydrogen (secondary N) is 2. The normalized spacial score (nSPS) is 22.9. The predicted octanol–water partition coefficient (Wildman–Crippen LogP) is 2.97. The number of benzene rings is 1. The van der Waals surface area contributed by atoms with E-state index in [2.05, 4.69) is 25.4 Å². The molecule has 6 rings (SSSR count). The first-order valence-electron chi connectivity index (χ1n) is 11.3. The highest BCUT2D eigenvalue weighted by atomic mass is 35.5. The summed E-state index contributed by atoms with van der Waals surface area (Å²) in [7, 11) is 0. The van der Waals surface area contributed by atoms with E-state index in [1.165, 1.54) is 6.26 Å². The molecule has 2 saturated heterocycles. The Hall–Kier alpha value is -3.52. The summed E-state index contributed by atoms with van der Waals surface area (Å²) in [6.45, 7) is 0.202. The molecule has 4 atom stereocenters. The van der Waals surface area contributed by atoms with Crippen LogP contribution in [0.15, 0.2) is 35.1 Å². The summed E-state index contributed by atoms with van der Waals surface area (Å²) in [5, 5.41) is 16.6. The fourth-order valence-electron chi connectivity index (χ4n) is 4.24. The van der Waals surface area contributed by atoms with Gasteiger partial charge in [0.1, 0.15) is 60.1 Å². The highest BCUT2D eigenvalue weighted by Gasteiger charge is 2.48. The standard InChI is InChI=1S/C23H20ClF2N5O6/c24-13-5-16-22(30-23(28-16)37-18-9-35-19-17(32)8-34-20(18)19)29-21(13)27-6-12-14(25)3-11(4-15(12)26)33-7-10-1-2-36-31-10/h1-5,17-20,32H,6-9H2,(H2,27,28,29,30)/t17-,18-,19-,20-/m1/s1. The molecule has 5 heterocycles. The van der Waals surface area contributed by atoms with E-state index < -0.39 is 36.1 Å². The third-order valence-corrected chi connectivity index (χ3v) is 6.36. The average molecular weight is 536 g/mol. The first-order valence-corrected chi connectivity index (χ1v) is 11.7. The van der Waals surface area contributed by atoms with Gasteiger partial charge in [-0.1, -0.05) is 16.8 Å². The fraction of sp³-hybridized carbons (Fsp3) is 0.348. The Balaban J connectivity index is 1.13. The van der Waals surface area contributed by atoms with Crippen LogP contribution in [0, 0.1) is 11.6 Å². The van der Waals surface area contributed by atoms with Crippen molar-refractivity contribution in [2.75, 3.05) is 18.5 Å². The molecule has 3 N–H and O–H groups in total. The second kappa shape index (κ2) is 9.74. The molecule has 2 aliphatic heterocycles. The number of ether oxygens (including phenoxy) is 4. The number of hydrogen-bond acceptors (Lipinski definition) is 10. The molecule has 2 aliphatic rings. The van der Waals surface area contributed by atoms with Crippen molar-refractivity contribution in [3.8, 4) is 11.8 Å². The van der Waals surface area contributed by atoms with Crippen LogP contribution in [-0.2, 0) is 22.6 Å². The third kappa shape index (κ3) is 4.78. The summed E-state index contributed by atoms with van der Waals surface area (Å²) >= 11 is 6.33. The SMILES string of the molecule is O[C@@H]1CO[C@H]2[C@@H]1OC[C@H]2Oc1nc2nc(NCc3c(F)cc(OCc4ccon4)cc3F)c(Cl)cc2[nH]1. The summed E-state index contributed by atoms with van der Waals surface area (Å²) in [5.74, 6) is -1.40. The maximum Gasteiger partial charge on any atom is 0.296 e. The molecule has 37 heavy (non-hydrogen) atoms. The van der Waals surface area contributed by atoms with E-state index in [0.717, 1.165) is 12.1 Å². The van der Waals surface area contributed by atoms with Gasteiger partial charge in [0.25, 0.3) is 6.01 Å². The second-order valence-electron chi connectivity index (χ2n) is 8.55. The van der Waals surface area contributed by atoms with Crippen LogP contribution in [0.4, 0.5) is 14.6 Å². The molecule has 194 valence electrons. The van der Waals surface area contributed by atoms with Crippen molar-refractivity contribution in [3.05, 3.63) is 58.4 Å². The number of nitrogens with zero attached hydrogens (tertiary/aromatic N) is 3. The molecule has 2 fully saturated rings. The topological polar surface area (TPSA) is 137 Å². The van der Waals surface area contributed by atoms with Crippen LogP contribution in [0.2, 0.25) is 5.02 Å². The first kappa shape index (κ1) is 23.9. The number of aromatic nitrogens is 4.